The van der Waals surface area contributed by atoms with E-state index in [0.717, 1.165) is 34.8 Å². The smallest absolute Gasteiger partial charge is 0.126 e. The van der Waals surface area contributed by atoms with E-state index in [1.54, 1.807) is 20.1 Å². The number of hydrogen-bond acceptors (Lipinski definition) is 3. The summed E-state index contributed by atoms with van der Waals surface area (Å²) < 4.78 is 19.5. The minimum Gasteiger partial charge on any atom is -0.497 e. The molecule has 0 amide bonds. The molecule has 1 heterocycles. The molecule has 0 aromatic heterocycles. The highest BCUT2D eigenvalue weighted by atomic mass is 19.1. The first kappa shape index (κ1) is 18.2. The highest BCUT2D eigenvalue weighted by Crippen LogP contribution is 2.50. The summed E-state index contributed by atoms with van der Waals surface area (Å²) in [6.45, 7) is 6.84. The van der Waals surface area contributed by atoms with Crippen LogP contribution in [-0.4, -0.2) is 19.9 Å². The summed E-state index contributed by atoms with van der Waals surface area (Å²) in [5.74, 6) is 0.622. The lowest BCUT2D eigenvalue weighted by atomic mass is 9.76. The highest BCUT2D eigenvalue weighted by Gasteiger charge is 2.43. The SMILES string of the molecule is CCN1/C(=C\C=N)C(C)(Cc2ccc(C)c(F)c2)c2cc(OC)ccc21. The van der Waals surface area contributed by atoms with Crippen molar-refractivity contribution in [1.29, 1.82) is 5.41 Å². The van der Waals surface area contributed by atoms with E-state index in [0.29, 0.717) is 12.0 Å². The lowest BCUT2D eigenvalue weighted by Gasteiger charge is -2.30. The molecule has 0 bridgehead atoms. The second-order valence-electron chi connectivity index (χ2n) is 6.94. The van der Waals surface area contributed by atoms with E-state index in [2.05, 4.69) is 30.9 Å². The van der Waals surface area contributed by atoms with Gasteiger partial charge in [0.05, 0.1) is 7.11 Å². The van der Waals surface area contributed by atoms with Gasteiger partial charge in [-0.1, -0.05) is 12.1 Å². The van der Waals surface area contributed by atoms with Gasteiger partial charge in [0.2, 0.25) is 0 Å². The maximum atomic E-state index is 14.1. The zero-order valence-electron chi connectivity index (χ0n) is 15.8. The zero-order valence-corrected chi connectivity index (χ0v) is 15.8. The molecule has 0 spiro atoms. The molecule has 0 saturated heterocycles. The van der Waals surface area contributed by atoms with Crippen LogP contribution in [0.15, 0.2) is 48.2 Å². The Kier molecular flexibility index (Phi) is 4.86. The van der Waals surface area contributed by atoms with Crippen LogP contribution in [0.2, 0.25) is 0 Å². The van der Waals surface area contributed by atoms with Gasteiger partial charge in [0.25, 0.3) is 0 Å². The van der Waals surface area contributed by atoms with Crippen LogP contribution in [0.3, 0.4) is 0 Å². The molecule has 0 saturated carbocycles. The number of rotatable bonds is 5. The summed E-state index contributed by atoms with van der Waals surface area (Å²) in [6.07, 6.45) is 3.83. The molecule has 3 rings (SSSR count). The van der Waals surface area contributed by atoms with Crippen LogP contribution in [0.25, 0.3) is 0 Å². The van der Waals surface area contributed by atoms with Crippen LogP contribution in [0.5, 0.6) is 5.75 Å². The molecule has 1 N–H and O–H groups in total. The van der Waals surface area contributed by atoms with Crippen LogP contribution in [0, 0.1) is 18.2 Å². The number of halogens is 1. The van der Waals surface area contributed by atoms with E-state index < -0.39 is 0 Å². The number of nitrogens with one attached hydrogen (secondary N) is 1. The average molecular weight is 352 g/mol. The predicted octanol–water partition coefficient (Wildman–Crippen LogP) is 5.02. The molecular formula is C22H25FN2O. The molecule has 136 valence electrons. The van der Waals surface area contributed by atoms with Crippen molar-refractivity contribution in [3.63, 3.8) is 0 Å². The van der Waals surface area contributed by atoms with Crippen molar-refractivity contribution in [2.75, 3.05) is 18.6 Å². The lowest BCUT2D eigenvalue weighted by Crippen LogP contribution is -2.30. The molecule has 1 unspecified atom stereocenters. The highest BCUT2D eigenvalue weighted by molar-refractivity contribution is 5.79. The van der Waals surface area contributed by atoms with Crippen molar-refractivity contribution in [2.24, 2.45) is 0 Å². The van der Waals surface area contributed by atoms with Crippen molar-refractivity contribution in [2.45, 2.75) is 32.6 Å². The van der Waals surface area contributed by atoms with Crippen LogP contribution in [0.4, 0.5) is 10.1 Å². The van der Waals surface area contributed by atoms with Crippen molar-refractivity contribution in [3.05, 3.63) is 70.7 Å². The summed E-state index contributed by atoms with van der Waals surface area (Å²) in [5.41, 5.74) is 4.55. The molecule has 2 aromatic carbocycles. The molecule has 26 heavy (non-hydrogen) atoms. The third-order valence-electron chi connectivity index (χ3n) is 5.30. The largest absolute Gasteiger partial charge is 0.497 e. The Balaban J connectivity index is 2.16. The molecule has 0 aliphatic carbocycles. The van der Waals surface area contributed by atoms with Crippen LogP contribution >= 0.6 is 0 Å². The number of benzene rings is 2. The van der Waals surface area contributed by atoms with Gasteiger partial charge in [0.15, 0.2) is 0 Å². The van der Waals surface area contributed by atoms with E-state index in [1.807, 2.05) is 24.3 Å². The fraction of sp³-hybridized carbons (Fsp3) is 0.318. The van der Waals surface area contributed by atoms with Gasteiger partial charge in [-0.25, -0.2) is 4.39 Å². The Labute approximate surface area is 154 Å². The third kappa shape index (κ3) is 2.90. The monoisotopic (exact) mass is 352 g/mol. The fourth-order valence-electron chi connectivity index (χ4n) is 3.92. The maximum Gasteiger partial charge on any atom is 0.126 e. The number of methoxy groups -OCH3 is 1. The van der Waals surface area contributed by atoms with Crippen molar-refractivity contribution in [1.82, 2.24) is 0 Å². The topological polar surface area (TPSA) is 36.3 Å². The average Bonchev–Trinajstić information content (AvgIpc) is 2.86. The Morgan fingerprint density at radius 1 is 1.23 bits per heavy atom. The molecule has 4 heteroatoms. The minimum atomic E-state index is -0.362. The Morgan fingerprint density at radius 3 is 2.62 bits per heavy atom. The van der Waals surface area contributed by atoms with Crippen LogP contribution in [-0.2, 0) is 11.8 Å². The molecule has 1 atom stereocenters. The lowest BCUT2D eigenvalue weighted by molar-refractivity contribution is 0.413. The van der Waals surface area contributed by atoms with Crippen molar-refractivity contribution < 1.29 is 9.13 Å². The van der Waals surface area contributed by atoms with E-state index in [1.165, 1.54) is 6.21 Å². The van der Waals surface area contributed by atoms with Crippen molar-refractivity contribution in [3.8, 4) is 5.75 Å². The molecule has 1 aliphatic heterocycles. The van der Waals surface area contributed by atoms with Gasteiger partial charge in [-0.2, -0.15) is 0 Å². The van der Waals surface area contributed by atoms with Crippen LogP contribution in [0.1, 0.15) is 30.5 Å². The number of anilines is 1. The number of allylic oxidation sites excluding steroid dienone is 2. The number of nitrogens with zero attached hydrogens (tertiary/aromatic N) is 1. The van der Waals surface area contributed by atoms with Crippen molar-refractivity contribution >= 4 is 11.9 Å². The van der Waals surface area contributed by atoms with Gasteiger partial charge < -0.3 is 15.0 Å². The van der Waals surface area contributed by atoms with E-state index >= 15 is 0 Å². The standard InChI is InChI=1S/C22H25FN2O/c1-5-25-20-9-8-17(26-4)13-18(20)22(3,21(25)10-11-24)14-16-7-6-15(2)19(23)12-16/h6-13,24H,5,14H2,1-4H3/b21-10-,24-11?. The Hall–Kier alpha value is -2.62. The number of ether oxygens (including phenoxy) is 1. The predicted molar refractivity (Wildman–Crippen MR) is 105 cm³/mol. The minimum absolute atomic E-state index is 0.181. The number of fused-ring (bicyclic) bond motifs is 1. The van der Waals surface area contributed by atoms with Gasteiger partial charge in [-0.15, -0.1) is 0 Å². The van der Waals surface area contributed by atoms with Crippen LogP contribution < -0.4 is 9.64 Å². The first-order chi connectivity index (χ1) is 12.4. The first-order valence-corrected chi connectivity index (χ1v) is 8.87. The summed E-state index contributed by atoms with van der Waals surface area (Å²) in [6, 6.07) is 11.5. The van der Waals surface area contributed by atoms with Gasteiger partial charge >= 0.3 is 0 Å². The second-order valence-corrected chi connectivity index (χ2v) is 6.94. The summed E-state index contributed by atoms with van der Waals surface area (Å²) in [4.78, 5) is 2.23. The van der Waals surface area contributed by atoms with E-state index in [-0.39, 0.29) is 11.2 Å². The fourth-order valence-corrected chi connectivity index (χ4v) is 3.92. The molecular weight excluding hydrogens is 327 g/mol. The van der Waals surface area contributed by atoms with Gasteiger partial charge in [-0.05, 0) is 74.2 Å². The molecule has 2 aromatic rings. The zero-order chi connectivity index (χ0) is 18.9. The summed E-state index contributed by atoms with van der Waals surface area (Å²) in [7, 11) is 1.66. The second kappa shape index (κ2) is 6.94. The molecule has 1 aliphatic rings. The Bertz CT molecular complexity index is 874. The van der Waals surface area contributed by atoms with Gasteiger partial charge in [0, 0.05) is 29.6 Å². The maximum absolute atomic E-state index is 14.1. The van der Waals surface area contributed by atoms with Gasteiger partial charge in [0.1, 0.15) is 11.6 Å². The summed E-state index contributed by atoms with van der Waals surface area (Å²) >= 11 is 0. The quantitative estimate of drug-likeness (QED) is 0.767. The van der Waals surface area contributed by atoms with E-state index in [9.17, 15) is 4.39 Å². The number of likely N-dealkylation sites (N-methyl/N-ethyl adjacent to an activating group) is 1. The molecule has 3 nitrogen and oxygen atoms in total. The van der Waals surface area contributed by atoms with E-state index in [4.69, 9.17) is 10.1 Å². The molecule has 0 radical (unpaired) electrons. The number of hydrogen-bond donors (Lipinski definition) is 1. The normalized spacial score (nSPS) is 20.3. The third-order valence-corrected chi connectivity index (χ3v) is 5.30. The Morgan fingerprint density at radius 2 is 2.00 bits per heavy atom. The summed E-state index contributed by atoms with van der Waals surface area (Å²) in [5, 5.41) is 7.62. The first-order valence-electron chi connectivity index (χ1n) is 8.87. The van der Waals surface area contributed by atoms with Gasteiger partial charge in [-0.3, -0.25) is 0 Å². The molecule has 0 fully saturated rings. The number of aryl methyl sites for hydroxylation is 1.